The highest BCUT2D eigenvalue weighted by atomic mass is 127. The molecule has 2 aromatic carbocycles. The van der Waals surface area contributed by atoms with Crippen molar-refractivity contribution >= 4 is 34.2 Å². The van der Waals surface area contributed by atoms with Crippen LogP contribution in [0.25, 0.3) is 0 Å². The number of ketones is 2. The van der Waals surface area contributed by atoms with Gasteiger partial charge in [-0.15, -0.1) is 6.42 Å². The van der Waals surface area contributed by atoms with Crippen LogP contribution in [0.5, 0.6) is 11.5 Å². The van der Waals surface area contributed by atoms with Crippen molar-refractivity contribution in [3.8, 4) is 23.8 Å². The summed E-state index contributed by atoms with van der Waals surface area (Å²) in [6, 6.07) is 14.4. The summed E-state index contributed by atoms with van der Waals surface area (Å²) < 4.78 is 12.4. The highest BCUT2D eigenvalue weighted by Crippen LogP contribution is 2.55. The predicted octanol–water partition coefficient (Wildman–Crippen LogP) is 7.24. The first kappa shape index (κ1) is 29.4. The van der Waals surface area contributed by atoms with Crippen LogP contribution in [-0.4, -0.2) is 36.7 Å². The van der Waals surface area contributed by atoms with E-state index in [1.807, 2.05) is 18.2 Å². The van der Waals surface area contributed by atoms with Crippen molar-refractivity contribution in [2.24, 2.45) is 10.8 Å². The summed E-state index contributed by atoms with van der Waals surface area (Å²) >= 11 is 2.23. The Balaban J connectivity index is 1.72. The highest BCUT2D eigenvalue weighted by Gasteiger charge is 2.49. The summed E-state index contributed by atoms with van der Waals surface area (Å²) in [7, 11) is 1.60. The molecule has 0 fully saturated rings. The van der Waals surface area contributed by atoms with E-state index in [4.69, 9.17) is 15.9 Å². The lowest BCUT2D eigenvalue weighted by molar-refractivity contribution is -0.119. The molecule has 0 bridgehead atoms. The number of ether oxygens (including phenoxy) is 2. The second-order valence-electron chi connectivity index (χ2n) is 12.9. The number of allylic oxidation sites excluding steroid dienone is 4. The van der Waals surface area contributed by atoms with Crippen LogP contribution in [0.3, 0.4) is 0 Å². The molecule has 0 saturated heterocycles. The second-order valence-corrected chi connectivity index (χ2v) is 14.1. The lowest BCUT2D eigenvalue weighted by Gasteiger charge is -2.49. The molecule has 214 valence electrons. The van der Waals surface area contributed by atoms with Gasteiger partial charge in [0.2, 0.25) is 0 Å². The van der Waals surface area contributed by atoms with Crippen LogP contribution in [0, 0.1) is 26.7 Å². The van der Waals surface area contributed by atoms with Gasteiger partial charge in [-0.3, -0.25) is 9.59 Å². The van der Waals surface area contributed by atoms with Gasteiger partial charge in [0.15, 0.2) is 23.1 Å². The van der Waals surface area contributed by atoms with E-state index in [1.54, 1.807) is 7.11 Å². The van der Waals surface area contributed by atoms with E-state index in [0.29, 0.717) is 24.3 Å². The molecule has 0 amide bonds. The Morgan fingerprint density at radius 1 is 0.951 bits per heavy atom. The number of carbonyl (C=O) groups is 2. The SMILES string of the molecule is C#CCOc1c(I)cc(C2C3=C(CC(C)(C)CC3=O)N(CCc3ccccc3)C3=C2C(=O)CC(C)(C)C3)cc1OC. The van der Waals surface area contributed by atoms with E-state index < -0.39 is 5.92 Å². The van der Waals surface area contributed by atoms with E-state index in [0.717, 1.165) is 57.5 Å². The molecule has 0 aromatic heterocycles. The first-order valence-corrected chi connectivity index (χ1v) is 15.3. The maximum absolute atomic E-state index is 14.1. The smallest absolute Gasteiger partial charge is 0.175 e. The van der Waals surface area contributed by atoms with Crippen molar-refractivity contribution in [1.82, 2.24) is 4.90 Å². The molecule has 0 N–H and O–H groups in total. The molecule has 5 rings (SSSR count). The second kappa shape index (κ2) is 11.3. The lowest BCUT2D eigenvalue weighted by atomic mass is 9.63. The zero-order valence-corrected chi connectivity index (χ0v) is 26.8. The van der Waals surface area contributed by atoms with Crippen LogP contribution >= 0.6 is 22.6 Å². The van der Waals surface area contributed by atoms with Gasteiger partial charge in [0, 0.05) is 47.8 Å². The summed E-state index contributed by atoms with van der Waals surface area (Å²) in [6.45, 7) is 9.52. The molecule has 0 saturated carbocycles. The molecule has 0 radical (unpaired) electrons. The van der Waals surface area contributed by atoms with Crippen LogP contribution in [0.1, 0.15) is 70.4 Å². The van der Waals surface area contributed by atoms with Crippen molar-refractivity contribution in [2.75, 3.05) is 20.3 Å². The monoisotopic (exact) mass is 663 g/mol. The molecule has 2 aliphatic carbocycles. The molecule has 6 heteroatoms. The summed E-state index contributed by atoms with van der Waals surface area (Å²) in [5.41, 5.74) is 5.44. The summed E-state index contributed by atoms with van der Waals surface area (Å²) in [4.78, 5) is 30.6. The number of hydrogen-bond acceptors (Lipinski definition) is 5. The maximum Gasteiger partial charge on any atom is 0.175 e. The fourth-order valence-electron chi connectivity index (χ4n) is 6.70. The zero-order valence-electron chi connectivity index (χ0n) is 24.6. The Labute approximate surface area is 257 Å². The number of hydrogen-bond donors (Lipinski definition) is 0. The van der Waals surface area contributed by atoms with Gasteiger partial charge in [-0.2, -0.15) is 0 Å². The minimum Gasteiger partial charge on any atom is -0.493 e. The fourth-order valence-corrected chi connectivity index (χ4v) is 7.48. The van der Waals surface area contributed by atoms with Crippen LogP contribution in [0.15, 0.2) is 65.0 Å². The summed E-state index contributed by atoms with van der Waals surface area (Å²) in [5.74, 6) is 3.44. The van der Waals surface area contributed by atoms with Crippen molar-refractivity contribution < 1.29 is 19.1 Å². The number of carbonyl (C=O) groups excluding carboxylic acids is 2. The summed E-state index contributed by atoms with van der Waals surface area (Å²) in [6.07, 6.45) is 8.75. The predicted molar refractivity (Wildman–Crippen MR) is 170 cm³/mol. The summed E-state index contributed by atoms with van der Waals surface area (Å²) in [5, 5.41) is 0. The van der Waals surface area contributed by atoms with Gasteiger partial charge in [0.1, 0.15) is 6.61 Å². The van der Waals surface area contributed by atoms with Crippen molar-refractivity contribution in [2.45, 2.75) is 65.7 Å². The molecule has 1 aliphatic heterocycles. The van der Waals surface area contributed by atoms with Gasteiger partial charge in [-0.1, -0.05) is 63.9 Å². The Morgan fingerprint density at radius 2 is 1.54 bits per heavy atom. The van der Waals surface area contributed by atoms with Gasteiger partial charge in [0.05, 0.1) is 10.7 Å². The van der Waals surface area contributed by atoms with E-state index in [2.05, 4.69) is 85.4 Å². The van der Waals surface area contributed by atoms with Gasteiger partial charge in [-0.25, -0.2) is 0 Å². The largest absolute Gasteiger partial charge is 0.493 e. The average Bonchev–Trinajstić information content (AvgIpc) is 2.89. The number of rotatable bonds is 7. The molecule has 2 aromatic rings. The van der Waals surface area contributed by atoms with E-state index in [-0.39, 0.29) is 29.0 Å². The molecule has 5 nitrogen and oxygen atoms in total. The first-order chi connectivity index (χ1) is 19.4. The Bertz CT molecular complexity index is 1440. The molecular weight excluding hydrogens is 625 g/mol. The zero-order chi connectivity index (χ0) is 29.5. The van der Waals surface area contributed by atoms with Gasteiger partial charge in [0.25, 0.3) is 0 Å². The molecular formula is C35H38INO4. The Hall–Kier alpha value is -3.05. The number of methoxy groups -OCH3 is 1. The number of terminal acetylenes is 1. The maximum atomic E-state index is 14.1. The fraction of sp³-hybridized carbons (Fsp3) is 0.429. The standard InChI is InChI=1S/C35H38INO4/c1-7-15-41-33-24(36)16-23(17-29(33)40-6)30-31-25(18-34(2,3)20-27(31)38)37(14-13-22-11-9-8-10-12-22)26-19-35(4,5)21-28(39)32(26)30/h1,8-12,16-17,30H,13-15,18-21H2,2-6H3. The molecule has 0 atom stereocenters. The van der Waals surface area contributed by atoms with Crippen LogP contribution in [-0.2, 0) is 16.0 Å². The van der Waals surface area contributed by atoms with E-state index in [1.165, 1.54) is 5.56 Å². The third-order valence-electron chi connectivity index (χ3n) is 8.37. The van der Waals surface area contributed by atoms with Gasteiger partial charge < -0.3 is 14.4 Å². The third-order valence-corrected chi connectivity index (χ3v) is 9.17. The first-order valence-electron chi connectivity index (χ1n) is 14.2. The van der Waals surface area contributed by atoms with Crippen molar-refractivity contribution in [3.63, 3.8) is 0 Å². The molecule has 3 aliphatic rings. The normalized spacial score (nSPS) is 20.0. The minimum atomic E-state index is -0.440. The molecule has 1 heterocycles. The number of Topliss-reactive ketones (excluding diaryl/α,β-unsaturated/α-hetero) is 2. The van der Waals surface area contributed by atoms with Crippen LogP contribution in [0.2, 0.25) is 0 Å². The van der Waals surface area contributed by atoms with Crippen LogP contribution in [0.4, 0.5) is 0 Å². The number of nitrogens with zero attached hydrogens (tertiary/aromatic N) is 1. The number of benzene rings is 2. The molecule has 0 spiro atoms. The Kier molecular flexibility index (Phi) is 8.13. The quantitative estimate of drug-likeness (QED) is 0.231. The number of halogens is 1. The highest BCUT2D eigenvalue weighted by molar-refractivity contribution is 14.1. The topological polar surface area (TPSA) is 55.8 Å². The minimum absolute atomic E-state index is 0.122. The molecule has 0 unspecified atom stereocenters. The lowest BCUT2D eigenvalue weighted by Crippen LogP contribution is -2.45. The van der Waals surface area contributed by atoms with E-state index in [9.17, 15) is 9.59 Å². The Morgan fingerprint density at radius 3 is 2.07 bits per heavy atom. The average molecular weight is 664 g/mol. The van der Waals surface area contributed by atoms with E-state index >= 15 is 0 Å². The van der Waals surface area contributed by atoms with Crippen molar-refractivity contribution in [1.29, 1.82) is 0 Å². The molecule has 41 heavy (non-hydrogen) atoms. The van der Waals surface area contributed by atoms with Crippen LogP contribution < -0.4 is 9.47 Å². The van der Waals surface area contributed by atoms with Crippen molar-refractivity contribution in [3.05, 3.63) is 79.7 Å². The van der Waals surface area contributed by atoms with Gasteiger partial charge in [-0.05, 0) is 75.9 Å². The van der Waals surface area contributed by atoms with Gasteiger partial charge >= 0.3 is 0 Å². The third kappa shape index (κ3) is 5.83.